The Labute approximate surface area is 143 Å². The molecule has 0 atom stereocenters. The molecule has 0 aliphatic rings. The molecule has 0 unspecified atom stereocenters. The number of ether oxygens (including phenoxy) is 1. The first kappa shape index (κ1) is 18.2. The average Bonchev–Trinajstić information content (AvgIpc) is 2.51. The van der Waals surface area contributed by atoms with Gasteiger partial charge in [0.05, 0.1) is 4.90 Å². The van der Waals surface area contributed by atoms with E-state index in [0.29, 0.717) is 11.3 Å². The lowest BCUT2D eigenvalue weighted by molar-refractivity contribution is 0.0921. The lowest BCUT2D eigenvalue weighted by Crippen LogP contribution is -2.14. The molecule has 0 heterocycles. The molecule has 0 fully saturated rings. The van der Waals surface area contributed by atoms with E-state index in [2.05, 4.69) is 20.8 Å². The number of carbonyl (C=O) groups excluding carboxylic acids is 1. The largest absolute Gasteiger partial charge is 0.485 e. The molecule has 0 aliphatic carbocycles. The van der Waals surface area contributed by atoms with Crippen LogP contribution in [0.5, 0.6) is 5.75 Å². The van der Waals surface area contributed by atoms with Crippen molar-refractivity contribution < 1.29 is 17.9 Å². The van der Waals surface area contributed by atoms with Gasteiger partial charge < -0.3 is 4.74 Å². The molecule has 0 bridgehead atoms. The highest BCUT2D eigenvalue weighted by atomic mass is 32.2. The molecule has 2 rings (SSSR count). The van der Waals surface area contributed by atoms with Crippen LogP contribution < -0.4 is 4.74 Å². The quantitative estimate of drug-likeness (QED) is 0.775. The molecular formula is C19H22O4S. The first-order valence-electron chi connectivity index (χ1n) is 7.64. The van der Waals surface area contributed by atoms with Crippen molar-refractivity contribution in [3.63, 3.8) is 0 Å². The second-order valence-corrected chi connectivity index (χ2v) is 8.80. The summed E-state index contributed by atoms with van der Waals surface area (Å²) >= 11 is 0. The molecule has 0 saturated carbocycles. The lowest BCUT2D eigenvalue weighted by Gasteiger charge is -2.19. The van der Waals surface area contributed by atoms with Gasteiger partial charge in [0, 0.05) is 11.8 Å². The lowest BCUT2D eigenvalue weighted by atomic mass is 9.86. The molecule has 2 aromatic rings. The maximum Gasteiger partial charge on any atom is 0.200 e. The third-order valence-corrected chi connectivity index (χ3v) is 4.82. The van der Waals surface area contributed by atoms with Gasteiger partial charge in [-0.05, 0) is 35.2 Å². The Morgan fingerprint density at radius 2 is 1.50 bits per heavy atom. The number of sulfone groups is 1. The Morgan fingerprint density at radius 3 is 1.96 bits per heavy atom. The van der Waals surface area contributed by atoms with Gasteiger partial charge in [-0.2, -0.15) is 0 Å². The molecule has 128 valence electrons. The van der Waals surface area contributed by atoms with Crippen molar-refractivity contribution >= 4 is 15.6 Å². The summed E-state index contributed by atoms with van der Waals surface area (Å²) in [7, 11) is -3.23. The SMILES string of the molecule is CC(C)(C)c1ccc(C(=O)COc2ccc(S(C)(=O)=O)cc2)cc1. The summed E-state index contributed by atoms with van der Waals surface area (Å²) in [6, 6.07) is 13.5. The van der Waals surface area contributed by atoms with E-state index in [1.807, 2.05) is 12.1 Å². The number of hydrogen-bond acceptors (Lipinski definition) is 4. The van der Waals surface area contributed by atoms with Crippen molar-refractivity contribution in [3.8, 4) is 5.75 Å². The highest BCUT2D eigenvalue weighted by Gasteiger charge is 2.14. The minimum Gasteiger partial charge on any atom is -0.485 e. The number of rotatable bonds is 5. The highest BCUT2D eigenvalue weighted by molar-refractivity contribution is 7.90. The molecule has 0 radical (unpaired) electrons. The Bertz CT molecular complexity index is 811. The van der Waals surface area contributed by atoms with Gasteiger partial charge in [-0.25, -0.2) is 8.42 Å². The molecule has 4 nitrogen and oxygen atoms in total. The maximum absolute atomic E-state index is 12.2. The number of hydrogen-bond donors (Lipinski definition) is 0. The molecule has 0 saturated heterocycles. The number of ketones is 1. The molecule has 0 amide bonds. The van der Waals surface area contributed by atoms with Crippen LogP contribution in [-0.2, 0) is 15.3 Å². The van der Waals surface area contributed by atoms with E-state index < -0.39 is 9.84 Å². The van der Waals surface area contributed by atoms with Crippen LogP contribution in [0.3, 0.4) is 0 Å². The minimum absolute atomic E-state index is 0.0411. The second-order valence-electron chi connectivity index (χ2n) is 6.78. The van der Waals surface area contributed by atoms with Crippen molar-refractivity contribution in [3.05, 3.63) is 59.7 Å². The highest BCUT2D eigenvalue weighted by Crippen LogP contribution is 2.22. The van der Waals surface area contributed by atoms with E-state index in [1.165, 1.54) is 12.1 Å². The molecule has 0 N–H and O–H groups in total. The van der Waals surface area contributed by atoms with E-state index >= 15 is 0 Å². The number of carbonyl (C=O) groups is 1. The van der Waals surface area contributed by atoms with Gasteiger partial charge in [-0.3, -0.25) is 4.79 Å². The monoisotopic (exact) mass is 346 g/mol. The van der Waals surface area contributed by atoms with Crippen LogP contribution in [0.2, 0.25) is 0 Å². The molecule has 0 spiro atoms. The summed E-state index contributed by atoms with van der Waals surface area (Å²) in [5.41, 5.74) is 1.80. The van der Waals surface area contributed by atoms with Gasteiger partial charge in [0.2, 0.25) is 0 Å². The third-order valence-electron chi connectivity index (χ3n) is 3.69. The summed E-state index contributed by atoms with van der Waals surface area (Å²) in [5.74, 6) is 0.338. The summed E-state index contributed by atoms with van der Waals surface area (Å²) in [5, 5.41) is 0. The van der Waals surface area contributed by atoms with Gasteiger partial charge >= 0.3 is 0 Å². The number of Topliss-reactive ketones (excluding diaryl/α,β-unsaturated/α-hetero) is 1. The zero-order valence-corrected chi connectivity index (χ0v) is 15.2. The maximum atomic E-state index is 12.2. The molecular weight excluding hydrogens is 324 g/mol. The average molecular weight is 346 g/mol. The standard InChI is InChI=1S/C19H22O4S/c1-19(2,3)15-7-5-14(6-8-15)18(20)13-23-16-9-11-17(12-10-16)24(4,21)22/h5-12H,13H2,1-4H3. The van der Waals surface area contributed by atoms with Crippen molar-refractivity contribution in [1.29, 1.82) is 0 Å². The van der Waals surface area contributed by atoms with Gasteiger partial charge in [-0.1, -0.05) is 45.0 Å². The Kier molecular flexibility index (Phi) is 5.13. The Morgan fingerprint density at radius 1 is 0.958 bits per heavy atom. The van der Waals surface area contributed by atoms with E-state index in [0.717, 1.165) is 11.8 Å². The van der Waals surface area contributed by atoms with Crippen LogP contribution in [0, 0.1) is 0 Å². The first-order chi connectivity index (χ1) is 11.1. The van der Waals surface area contributed by atoms with Crippen LogP contribution >= 0.6 is 0 Å². The fraction of sp³-hybridized carbons (Fsp3) is 0.316. The van der Waals surface area contributed by atoms with Gasteiger partial charge in [-0.15, -0.1) is 0 Å². The van der Waals surface area contributed by atoms with Crippen molar-refractivity contribution in [2.75, 3.05) is 12.9 Å². The molecule has 5 heteroatoms. The van der Waals surface area contributed by atoms with E-state index in [-0.39, 0.29) is 22.7 Å². The minimum atomic E-state index is -3.23. The van der Waals surface area contributed by atoms with Crippen molar-refractivity contribution in [2.45, 2.75) is 31.1 Å². The van der Waals surface area contributed by atoms with Gasteiger partial charge in [0.25, 0.3) is 0 Å². The Hall–Kier alpha value is -2.14. The van der Waals surface area contributed by atoms with Crippen molar-refractivity contribution in [2.24, 2.45) is 0 Å². The summed E-state index contributed by atoms with van der Waals surface area (Å²) in [6.45, 7) is 6.26. The molecule has 0 aliphatic heterocycles. The van der Waals surface area contributed by atoms with Gasteiger partial charge in [0.1, 0.15) is 5.75 Å². The normalized spacial score (nSPS) is 12.0. The fourth-order valence-corrected chi connectivity index (χ4v) is 2.80. The predicted octanol–water partition coefficient (Wildman–Crippen LogP) is 3.65. The zero-order valence-electron chi connectivity index (χ0n) is 14.4. The van der Waals surface area contributed by atoms with Crippen LogP contribution in [0.1, 0.15) is 36.7 Å². The van der Waals surface area contributed by atoms with E-state index in [1.54, 1.807) is 24.3 Å². The third kappa shape index (κ3) is 4.68. The summed E-state index contributed by atoms with van der Waals surface area (Å²) in [4.78, 5) is 12.4. The first-order valence-corrected chi connectivity index (χ1v) is 9.53. The predicted molar refractivity (Wildman–Crippen MR) is 94.5 cm³/mol. The molecule has 0 aromatic heterocycles. The Balaban J connectivity index is 2.00. The molecule has 2 aromatic carbocycles. The van der Waals surface area contributed by atoms with E-state index in [4.69, 9.17) is 4.74 Å². The fourth-order valence-electron chi connectivity index (χ4n) is 2.17. The zero-order chi connectivity index (χ0) is 18.0. The van der Waals surface area contributed by atoms with Gasteiger partial charge in [0.15, 0.2) is 22.2 Å². The smallest absolute Gasteiger partial charge is 0.200 e. The van der Waals surface area contributed by atoms with Crippen LogP contribution in [0.4, 0.5) is 0 Å². The van der Waals surface area contributed by atoms with Crippen LogP contribution in [0.25, 0.3) is 0 Å². The number of benzene rings is 2. The van der Waals surface area contributed by atoms with E-state index in [9.17, 15) is 13.2 Å². The molecule has 24 heavy (non-hydrogen) atoms. The second kappa shape index (κ2) is 6.77. The van der Waals surface area contributed by atoms with Crippen LogP contribution in [-0.4, -0.2) is 27.1 Å². The topological polar surface area (TPSA) is 60.4 Å². The summed E-state index contributed by atoms with van der Waals surface area (Å²) < 4.78 is 28.2. The van der Waals surface area contributed by atoms with Crippen molar-refractivity contribution in [1.82, 2.24) is 0 Å². The summed E-state index contributed by atoms with van der Waals surface area (Å²) in [6.07, 6.45) is 1.15. The van der Waals surface area contributed by atoms with Crippen LogP contribution in [0.15, 0.2) is 53.4 Å².